The lowest BCUT2D eigenvalue weighted by Crippen LogP contribution is -2.54. The van der Waals surface area contributed by atoms with E-state index in [1.165, 1.54) is 6.07 Å². The first-order valence-electron chi connectivity index (χ1n) is 14.3. The fraction of sp³-hybridized carbons (Fsp3) is 0.552. The van der Waals surface area contributed by atoms with Crippen LogP contribution in [0.5, 0.6) is 0 Å². The first-order valence-corrected chi connectivity index (χ1v) is 15.8. The van der Waals surface area contributed by atoms with Crippen LogP contribution in [0.4, 0.5) is 10.5 Å². The molecule has 3 N–H and O–H groups in total. The van der Waals surface area contributed by atoms with E-state index in [1.54, 1.807) is 30.1 Å². The zero-order valence-electron chi connectivity index (χ0n) is 23.4. The molecule has 1 aromatic carbocycles. The number of ether oxygens (including phenoxy) is 1. The van der Waals surface area contributed by atoms with Gasteiger partial charge in [0.05, 0.1) is 28.7 Å². The molecule has 42 heavy (non-hydrogen) atoms. The van der Waals surface area contributed by atoms with Gasteiger partial charge < -0.3 is 15.0 Å². The molecule has 0 unspecified atom stereocenters. The summed E-state index contributed by atoms with van der Waals surface area (Å²) < 4.78 is 32.9. The summed E-state index contributed by atoms with van der Waals surface area (Å²) in [4.78, 5) is 54.8. The molecule has 224 valence electrons. The van der Waals surface area contributed by atoms with Crippen molar-refractivity contribution in [1.82, 2.24) is 14.9 Å². The lowest BCUT2D eigenvalue weighted by atomic mass is 9.93. The fourth-order valence-corrected chi connectivity index (χ4v) is 7.22. The van der Waals surface area contributed by atoms with Crippen molar-refractivity contribution < 1.29 is 32.3 Å². The van der Waals surface area contributed by atoms with Gasteiger partial charge in [0.1, 0.15) is 11.6 Å². The number of carbonyl (C=O) groups excluding carboxylic acids is 4. The van der Waals surface area contributed by atoms with Gasteiger partial charge >= 0.3 is 6.09 Å². The third-order valence-electron chi connectivity index (χ3n) is 8.51. The summed E-state index contributed by atoms with van der Waals surface area (Å²) in [5.41, 5.74) is -0.702. The van der Waals surface area contributed by atoms with E-state index < -0.39 is 56.7 Å². The SMILES string of the molecule is CN1CCCCC=C[C@@H]2C[C@@]2(C(=O)NS(=O)(=O)C2CC2)NC(=O)[C@@H]2C[C@@H](OC(=O)Nc3cccc(C#N)c3)C[C@H]2C1=O. The summed E-state index contributed by atoms with van der Waals surface area (Å²) in [6, 6.07) is 8.31. The van der Waals surface area contributed by atoms with Crippen LogP contribution in [0.15, 0.2) is 36.4 Å². The maximum atomic E-state index is 13.7. The number of allylic oxidation sites excluding steroid dienone is 1. The highest BCUT2D eigenvalue weighted by Gasteiger charge is 2.62. The monoisotopic (exact) mass is 597 g/mol. The van der Waals surface area contributed by atoms with Crippen molar-refractivity contribution in [3.63, 3.8) is 0 Å². The van der Waals surface area contributed by atoms with Crippen molar-refractivity contribution in [1.29, 1.82) is 5.26 Å². The van der Waals surface area contributed by atoms with E-state index in [2.05, 4.69) is 15.4 Å². The molecule has 4 amide bonds. The Morgan fingerprint density at radius 2 is 1.93 bits per heavy atom. The molecule has 0 spiro atoms. The first-order chi connectivity index (χ1) is 20.0. The van der Waals surface area contributed by atoms with Crippen molar-refractivity contribution in [2.45, 2.75) is 68.3 Å². The number of benzene rings is 1. The number of nitrogens with one attached hydrogen (secondary N) is 3. The van der Waals surface area contributed by atoms with Gasteiger partial charge in [-0.15, -0.1) is 0 Å². The van der Waals surface area contributed by atoms with E-state index in [9.17, 15) is 27.6 Å². The summed E-state index contributed by atoms with van der Waals surface area (Å²) in [7, 11) is -2.15. The Balaban J connectivity index is 1.34. The van der Waals surface area contributed by atoms with E-state index in [4.69, 9.17) is 10.00 Å². The number of rotatable bonds is 5. The minimum Gasteiger partial charge on any atom is -0.446 e. The van der Waals surface area contributed by atoms with Gasteiger partial charge in [-0.25, -0.2) is 13.2 Å². The predicted molar refractivity (Wildman–Crippen MR) is 151 cm³/mol. The molecule has 4 aliphatic rings. The van der Waals surface area contributed by atoms with Gasteiger partial charge in [-0.05, 0) is 69.6 Å². The van der Waals surface area contributed by atoms with E-state index >= 15 is 0 Å². The normalized spacial score (nSPS) is 29.7. The summed E-state index contributed by atoms with van der Waals surface area (Å²) in [5, 5.41) is 13.9. The van der Waals surface area contributed by atoms with Gasteiger partial charge in [0, 0.05) is 25.2 Å². The lowest BCUT2D eigenvalue weighted by molar-refractivity contribution is -0.140. The maximum Gasteiger partial charge on any atom is 0.411 e. The molecule has 1 heterocycles. The molecule has 3 saturated carbocycles. The van der Waals surface area contributed by atoms with Crippen molar-refractivity contribution in [3.05, 3.63) is 42.0 Å². The standard InChI is InChI=1S/C29H35N5O7S/c1-34-12-5-3-2-4-8-19-16-29(19,27(37)33-42(39,40)22-10-11-22)32-25(35)23-14-21(15-24(23)26(34)36)41-28(38)31-20-9-6-7-18(13-20)17-30/h4,6-9,13,19,21-24H,2-3,5,10-12,14-16H2,1H3,(H,31,38)(H,32,35)(H,33,37)/t19-,21-,23-,24-,29-/m1/s1. The van der Waals surface area contributed by atoms with Crippen molar-refractivity contribution >= 4 is 39.5 Å². The molecule has 3 fully saturated rings. The number of carbonyl (C=O) groups is 4. The summed E-state index contributed by atoms with van der Waals surface area (Å²) in [6.07, 6.45) is 5.93. The fourth-order valence-electron chi connectivity index (χ4n) is 5.86. The first kappa shape index (κ1) is 29.6. The highest BCUT2D eigenvalue weighted by Crippen LogP contribution is 2.47. The average Bonchev–Trinajstić information content (AvgIpc) is 3.87. The Bertz CT molecular complexity index is 1450. The number of fused-ring (bicyclic) bond motifs is 2. The van der Waals surface area contributed by atoms with Crippen LogP contribution in [-0.2, 0) is 29.1 Å². The minimum absolute atomic E-state index is 0.0559. The molecule has 0 radical (unpaired) electrons. The summed E-state index contributed by atoms with van der Waals surface area (Å²) in [5.74, 6) is -3.63. The van der Waals surface area contributed by atoms with Gasteiger partial charge in [-0.3, -0.25) is 24.4 Å². The van der Waals surface area contributed by atoms with Gasteiger partial charge in [0.15, 0.2) is 0 Å². The highest BCUT2D eigenvalue weighted by atomic mass is 32.2. The Kier molecular flexibility index (Phi) is 8.28. The molecule has 0 saturated heterocycles. The van der Waals surface area contributed by atoms with Crippen LogP contribution in [0.2, 0.25) is 0 Å². The maximum absolute atomic E-state index is 13.7. The topological polar surface area (TPSA) is 175 Å². The number of sulfonamides is 1. The van der Waals surface area contributed by atoms with E-state index in [0.717, 1.165) is 19.3 Å². The molecule has 13 heteroatoms. The van der Waals surface area contributed by atoms with Crippen LogP contribution in [0, 0.1) is 29.1 Å². The van der Waals surface area contributed by atoms with Crippen LogP contribution in [0.3, 0.4) is 0 Å². The van der Waals surface area contributed by atoms with Gasteiger partial charge in [0.2, 0.25) is 21.8 Å². The Morgan fingerprint density at radius 1 is 1.17 bits per heavy atom. The zero-order valence-corrected chi connectivity index (χ0v) is 24.2. The second kappa shape index (κ2) is 11.8. The summed E-state index contributed by atoms with van der Waals surface area (Å²) >= 11 is 0. The van der Waals surface area contributed by atoms with E-state index in [-0.39, 0.29) is 31.1 Å². The number of anilines is 1. The zero-order chi connectivity index (χ0) is 30.1. The van der Waals surface area contributed by atoms with E-state index in [1.807, 2.05) is 18.2 Å². The Hall–Kier alpha value is -3.92. The van der Waals surface area contributed by atoms with Crippen LogP contribution >= 0.6 is 0 Å². The quantitative estimate of drug-likeness (QED) is 0.433. The van der Waals surface area contributed by atoms with Crippen LogP contribution < -0.4 is 15.4 Å². The largest absolute Gasteiger partial charge is 0.446 e. The molecular formula is C29H35N5O7S. The molecule has 1 aromatic rings. The molecule has 12 nitrogen and oxygen atoms in total. The Labute approximate surface area is 244 Å². The van der Waals surface area contributed by atoms with Crippen molar-refractivity contribution in [3.8, 4) is 6.07 Å². The average molecular weight is 598 g/mol. The van der Waals surface area contributed by atoms with E-state index in [0.29, 0.717) is 30.6 Å². The molecule has 0 aromatic heterocycles. The highest BCUT2D eigenvalue weighted by molar-refractivity contribution is 7.91. The molecule has 5 atom stereocenters. The predicted octanol–water partition coefficient (Wildman–Crippen LogP) is 2.18. The molecule has 3 aliphatic carbocycles. The molecule has 5 rings (SSSR count). The van der Waals surface area contributed by atoms with Gasteiger partial charge in [-0.2, -0.15) is 5.26 Å². The number of nitriles is 1. The smallest absolute Gasteiger partial charge is 0.411 e. The Morgan fingerprint density at radius 3 is 2.67 bits per heavy atom. The third kappa shape index (κ3) is 6.43. The molecule has 1 aliphatic heterocycles. The second-order valence-corrected chi connectivity index (χ2v) is 13.6. The van der Waals surface area contributed by atoms with Crippen molar-refractivity contribution in [2.75, 3.05) is 18.9 Å². The molecular weight excluding hydrogens is 562 g/mol. The van der Waals surface area contributed by atoms with Crippen molar-refractivity contribution in [2.24, 2.45) is 17.8 Å². The van der Waals surface area contributed by atoms with Crippen LogP contribution in [0.25, 0.3) is 0 Å². The minimum atomic E-state index is -3.83. The molecule has 0 bridgehead atoms. The number of amides is 4. The number of hydrogen-bond acceptors (Lipinski definition) is 8. The number of nitrogens with zero attached hydrogens (tertiary/aromatic N) is 2. The summed E-state index contributed by atoms with van der Waals surface area (Å²) in [6.45, 7) is 0.507. The van der Waals surface area contributed by atoms with Gasteiger partial charge in [0.25, 0.3) is 5.91 Å². The van der Waals surface area contributed by atoms with Gasteiger partial charge in [-0.1, -0.05) is 18.2 Å². The van der Waals surface area contributed by atoms with Crippen LogP contribution in [0.1, 0.15) is 56.9 Å². The number of hydrogen-bond donors (Lipinski definition) is 3. The van der Waals surface area contributed by atoms with Crippen LogP contribution in [-0.4, -0.2) is 67.6 Å². The third-order valence-corrected chi connectivity index (χ3v) is 10.3. The second-order valence-electron chi connectivity index (χ2n) is 11.7. The lowest BCUT2D eigenvalue weighted by Gasteiger charge is -2.26.